The molecule has 2 atom stereocenters. The summed E-state index contributed by atoms with van der Waals surface area (Å²) in [6.45, 7) is 1.61. The van der Waals surface area contributed by atoms with Gasteiger partial charge in [-0.3, -0.25) is 4.90 Å². The zero-order valence-corrected chi connectivity index (χ0v) is 11.4. The van der Waals surface area contributed by atoms with Crippen LogP contribution in [-0.4, -0.2) is 35.6 Å². The first-order valence-electron chi connectivity index (χ1n) is 6.84. The van der Waals surface area contributed by atoms with Crippen LogP contribution in [0.15, 0.2) is 24.3 Å². The van der Waals surface area contributed by atoms with E-state index in [1.54, 1.807) is 12.1 Å². The van der Waals surface area contributed by atoms with Gasteiger partial charge in [-0.25, -0.2) is 4.79 Å². The second-order valence-corrected chi connectivity index (χ2v) is 5.41. The molecule has 0 heterocycles. The monoisotopic (exact) mass is 262 g/mol. The van der Waals surface area contributed by atoms with Crippen molar-refractivity contribution in [1.82, 2.24) is 4.90 Å². The van der Waals surface area contributed by atoms with Gasteiger partial charge in [-0.2, -0.15) is 0 Å². The SMILES string of the molecule is CN(Cc1ccc(C(=O)O)cc1)C1CCCC1CN. The Morgan fingerprint density at radius 3 is 2.63 bits per heavy atom. The van der Waals surface area contributed by atoms with E-state index < -0.39 is 5.97 Å². The largest absolute Gasteiger partial charge is 0.478 e. The molecule has 0 saturated heterocycles. The minimum atomic E-state index is -0.876. The lowest BCUT2D eigenvalue weighted by Crippen LogP contribution is -2.37. The molecule has 1 fully saturated rings. The summed E-state index contributed by atoms with van der Waals surface area (Å²) in [4.78, 5) is 13.1. The summed E-state index contributed by atoms with van der Waals surface area (Å²) in [5, 5.41) is 8.87. The average molecular weight is 262 g/mol. The van der Waals surface area contributed by atoms with Gasteiger partial charge in [-0.1, -0.05) is 18.6 Å². The van der Waals surface area contributed by atoms with Crippen LogP contribution in [-0.2, 0) is 6.54 Å². The zero-order valence-electron chi connectivity index (χ0n) is 11.4. The molecule has 0 bridgehead atoms. The van der Waals surface area contributed by atoms with E-state index in [9.17, 15) is 4.79 Å². The maximum atomic E-state index is 10.8. The number of nitrogens with zero attached hydrogens (tertiary/aromatic N) is 1. The normalized spacial score (nSPS) is 22.9. The van der Waals surface area contributed by atoms with E-state index >= 15 is 0 Å². The first kappa shape index (κ1) is 14.0. The number of carbonyl (C=O) groups is 1. The molecular formula is C15H22N2O2. The first-order chi connectivity index (χ1) is 9.11. The summed E-state index contributed by atoms with van der Waals surface area (Å²) < 4.78 is 0. The fourth-order valence-electron chi connectivity index (χ4n) is 3.03. The Morgan fingerprint density at radius 1 is 1.37 bits per heavy atom. The first-order valence-corrected chi connectivity index (χ1v) is 6.84. The molecule has 1 aliphatic carbocycles. The lowest BCUT2D eigenvalue weighted by atomic mass is 10.0. The molecule has 3 N–H and O–H groups in total. The average Bonchev–Trinajstić information content (AvgIpc) is 2.87. The van der Waals surface area contributed by atoms with Crippen molar-refractivity contribution in [2.24, 2.45) is 11.7 Å². The molecule has 4 heteroatoms. The Hall–Kier alpha value is -1.39. The molecule has 104 valence electrons. The van der Waals surface area contributed by atoms with E-state index in [-0.39, 0.29) is 0 Å². The maximum absolute atomic E-state index is 10.8. The third-order valence-corrected chi connectivity index (χ3v) is 4.12. The van der Waals surface area contributed by atoms with Crippen molar-refractivity contribution in [2.75, 3.05) is 13.6 Å². The van der Waals surface area contributed by atoms with Crippen molar-refractivity contribution in [1.29, 1.82) is 0 Å². The Kier molecular flexibility index (Phi) is 4.56. The van der Waals surface area contributed by atoms with Gasteiger partial charge >= 0.3 is 5.97 Å². The summed E-state index contributed by atoms with van der Waals surface area (Å²) in [6, 6.07) is 7.68. The Morgan fingerprint density at radius 2 is 2.05 bits per heavy atom. The van der Waals surface area contributed by atoms with Crippen molar-refractivity contribution < 1.29 is 9.90 Å². The molecule has 4 nitrogen and oxygen atoms in total. The van der Waals surface area contributed by atoms with Crippen LogP contribution in [0.2, 0.25) is 0 Å². The van der Waals surface area contributed by atoms with Crippen LogP contribution in [0.5, 0.6) is 0 Å². The van der Waals surface area contributed by atoms with Crippen LogP contribution < -0.4 is 5.73 Å². The minimum Gasteiger partial charge on any atom is -0.478 e. The lowest BCUT2D eigenvalue weighted by molar-refractivity contribution is 0.0697. The molecule has 1 aromatic rings. The van der Waals surface area contributed by atoms with Crippen molar-refractivity contribution in [3.8, 4) is 0 Å². The molecule has 0 aliphatic heterocycles. The molecule has 0 spiro atoms. The molecule has 1 aromatic carbocycles. The van der Waals surface area contributed by atoms with E-state index in [0.29, 0.717) is 17.5 Å². The van der Waals surface area contributed by atoms with Gasteiger partial charge in [0.2, 0.25) is 0 Å². The van der Waals surface area contributed by atoms with Crippen LogP contribution in [0.3, 0.4) is 0 Å². The summed E-state index contributed by atoms with van der Waals surface area (Å²) >= 11 is 0. The van der Waals surface area contributed by atoms with Gasteiger partial charge in [-0.05, 0) is 50.0 Å². The summed E-state index contributed by atoms with van der Waals surface area (Å²) in [7, 11) is 2.13. The topological polar surface area (TPSA) is 66.6 Å². The molecule has 1 saturated carbocycles. The number of hydrogen-bond acceptors (Lipinski definition) is 3. The molecule has 0 radical (unpaired) electrons. The van der Waals surface area contributed by atoms with Gasteiger partial charge < -0.3 is 10.8 Å². The second-order valence-electron chi connectivity index (χ2n) is 5.41. The van der Waals surface area contributed by atoms with Gasteiger partial charge in [0.1, 0.15) is 0 Å². The van der Waals surface area contributed by atoms with Crippen LogP contribution in [0.1, 0.15) is 35.2 Å². The van der Waals surface area contributed by atoms with E-state index in [4.69, 9.17) is 10.8 Å². The van der Waals surface area contributed by atoms with Crippen molar-refractivity contribution >= 4 is 5.97 Å². The molecule has 19 heavy (non-hydrogen) atoms. The predicted molar refractivity (Wildman–Crippen MR) is 75.1 cm³/mol. The van der Waals surface area contributed by atoms with Crippen molar-refractivity contribution in [2.45, 2.75) is 31.8 Å². The third-order valence-electron chi connectivity index (χ3n) is 4.12. The zero-order chi connectivity index (χ0) is 13.8. The van der Waals surface area contributed by atoms with Gasteiger partial charge in [0, 0.05) is 12.6 Å². The maximum Gasteiger partial charge on any atom is 0.335 e. The van der Waals surface area contributed by atoms with Crippen LogP contribution in [0.25, 0.3) is 0 Å². The Bertz CT molecular complexity index is 430. The highest BCUT2D eigenvalue weighted by Gasteiger charge is 2.29. The quantitative estimate of drug-likeness (QED) is 0.851. The Balaban J connectivity index is 1.98. The molecule has 2 unspecified atom stereocenters. The number of hydrogen-bond donors (Lipinski definition) is 2. The molecule has 0 amide bonds. The minimum absolute atomic E-state index is 0.340. The number of rotatable bonds is 5. The standard InChI is InChI=1S/C15H22N2O2/c1-17(14-4-2-3-13(14)9-16)10-11-5-7-12(8-6-11)15(18)19/h5-8,13-14H,2-4,9-10,16H2,1H3,(H,18,19). The Labute approximate surface area is 114 Å². The van der Waals surface area contributed by atoms with Crippen LogP contribution in [0, 0.1) is 5.92 Å². The number of carboxylic acid groups (broad SMARTS) is 1. The molecule has 1 aliphatic rings. The number of nitrogens with two attached hydrogens (primary N) is 1. The van der Waals surface area contributed by atoms with Crippen LogP contribution in [0.4, 0.5) is 0 Å². The predicted octanol–water partition coefficient (Wildman–Crippen LogP) is 1.94. The molecule has 2 rings (SSSR count). The highest BCUT2D eigenvalue weighted by atomic mass is 16.4. The second kappa shape index (κ2) is 6.17. The highest BCUT2D eigenvalue weighted by Crippen LogP contribution is 2.29. The fraction of sp³-hybridized carbons (Fsp3) is 0.533. The smallest absolute Gasteiger partial charge is 0.335 e. The van der Waals surface area contributed by atoms with Gasteiger partial charge in [-0.15, -0.1) is 0 Å². The van der Waals surface area contributed by atoms with Crippen LogP contribution >= 0.6 is 0 Å². The fourth-order valence-corrected chi connectivity index (χ4v) is 3.03. The molecular weight excluding hydrogens is 240 g/mol. The summed E-state index contributed by atoms with van der Waals surface area (Å²) in [6.07, 6.45) is 3.70. The molecule has 0 aromatic heterocycles. The van der Waals surface area contributed by atoms with E-state index in [1.807, 2.05) is 12.1 Å². The van der Waals surface area contributed by atoms with Gasteiger partial charge in [0.25, 0.3) is 0 Å². The van der Waals surface area contributed by atoms with Crippen molar-refractivity contribution in [3.63, 3.8) is 0 Å². The summed E-state index contributed by atoms with van der Waals surface area (Å²) in [5.41, 5.74) is 7.30. The number of carboxylic acids is 1. The van der Waals surface area contributed by atoms with E-state index in [0.717, 1.165) is 18.7 Å². The van der Waals surface area contributed by atoms with E-state index in [1.165, 1.54) is 19.3 Å². The van der Waals surface area contributed by atoms with E-state index in [2.05, 4.69) is 11.9 Å². The van der Waals surface area contributed by atoms with Gasteiger partial charge in [0.15, 0.2) is 0 Å². The van der Waals surface area contributed by atoms with Gasteiger partial charge in [0.05, 0.1) is 5.56 Å². The highest BCUT2D eigenvalue weighted by molar-refractivity contribution is 5.87. The number of benzene rings is 1. The third kappa shape index (κ3) is 3.33. The lowest BCUT2D eigenvalue weighted by Gasteiger charge is -2.29. The summed E-state index contributed by atoms with van der Waals surface area (Å²) in [5.74, 6) is -0.276. The van der Waals surface area contributed by atoms with Crippen molar-refractivity contribution in [3.05, 3.63) is 35.4 Å². The number of aromatic carboxylic acids is 1.